The van der Waals surface area contributed by atoms with E-state index in [9.17, 15) is 10.1 Å². The molecule has 0 saturated carbocycles. The van der Waals surface area contributed by atoms with Crippen molar-refractivity contribution in [1.82, 2.24) is 14.8 Å². The highest BCUT2D eigenvalue weighted by Crippen LogP contribution is 2.09. The van der Waals surface area contributed by atoms with Gasteiger partial charge in [-0.05, 0) is 23.0 Å². The minimum Gasteiger partial charge on any atom is -0.390 e. The Labute approximate surface area is 91.7 Å². The molecular weight excluding hydrogens is 208 g/mol. The molecule has 0 spiro atoms. The van der Waals surface area contributed by atoms with E-state index in [2.05, 4.69) is 10.1 Å². The highest BCUT2D eigenvalue weighted by molar-refractivity contribution is 5.25. The molecule has 0 fully saturated rings. The van der Waals surface area contributed by atoms with Crippen LogP contribution in [0.15, 0.2) is 30.6 Å². The van der Waals surface area contributed by atoms with E-state index in [0.717, 1.165) is 11.1 Å². The molecule has 0 bridgehead atoms. The third-order valence-corrected chi connectivity index (χ3v) is 2.28. The Kier molecular flexibility index (Phi) is 2.63. The molecule has 1 aromatic carbocycles. The second-order valence-corrected chi connectivity index (χ2v) is 3.43. The lowest BCUT2D eigenvalue weighted by molar-refractivity contribution is -0.394. The molecule has 0 N–H and O–H groups in total. The zero-order valence-electron chi connectivity index (χ0n) is 8.70. The van der Waals surface area contributed by atoms with Gasteiger partial charge in [0.2, 0.25) is 6.33 Å². The van der Waals surface area contributed by atoms with E-state index in [0.29, 0.717) is 6.54 Å². The predicted octanol–water partition coefficient (Wildman–Crippen LogP) is 1.54. The van der Waals surface area contributed by atoms with Crippen LogP contribution in [0, 0.1) is 17.0 Å². The molecule has 6 nitrogen and oxygen atoms in total. The Morgan fingerprint density at radius 2 is 2.19 bits per heavy atom. The van der Waals surface area contributed by atoms with Gasteiger partial charge in [-0.3, -0.25) is 0 Å². The van der Waals surface area contributed by atoms with Gasteiger partial charge in [-0.25, -0.2) is 0 Å². The summed E-state index contributed by atoms with van der Waals surface area (Å²) in [4.78, 5) is 13.4. The molecule has 2 aromatic rings. The van der Waals surface area contributed by atoms with Gasteiger partial charge >= 0.3 is 5.95 Å². The maximum absolute atomic E-state index is 10.4. The molecular formula is C10H10N4O2. The second kappa shape index (κ2) is 4.09. The van der Waals surface area contributed by atoms with Crippen LogP contribution in [-0.4, -0.2) is 19.7 Å². The molecule has 1 aromatic heterocycles. The first-order valence-electron chi connectivity index (χ1n) is 4.75. The smallest absolute Gasteiger partial charge is 0.390 e. The number of nitro groups is 1. The average molecular weight is 218 g/mol. The first-order chi connectivity index (χ1) is 7.66. The highest BCUT2D eigenvalue weighted by atomic mass is 16.6. The van der Waals surface area contributed by atoms with Crippen molar-refractivity contribution in [3.05, 3.63) is 51.8 Å². The minimum absolute atomic E-state index is 0.367. The van der Waals surface area contributed by atoms with E-state index in [1.165, 1.54) is 11.0 Å². The summed E-state index contributed by atoms with van der Waals surface area (Å²) in [5.74, 6) is -0.367. The molecule has 6 heteroatoms. The molecule has 82 valence electrons. The van der Waals surface area contributed by atoms with Crippen LogP contribution in [0.4, 0.5) is 5.95 Å². The largest absolute Gasteiger partial charge is 0.490 e. The fraction of sp³-hybridized carbons (Fsp3) is 0.200. The SMILES string of the molecule is Cc1ccccc1Cn1cnc([N+](=O)[O-])n1. The van der Waals surface area contributed by atoms with E-state index in [4.69, 9.17) is 0 Å². The van der Waals surface area contributed by atoms with Gasteiger partial charge in [0.05, 0.1) is 6.54 Å². The summed E-state index contributed by atoms with van der Waals surface area (Å²) in [6.45, 7) is 2.48. The quantitative estimate of drug-likeness (QED) is 0.578. The molecule has 0 saturated heterocycles. The van der Waals surface area contributed by atoms with Crippen LogP contribution in [0.3, 0.4) is 0 Å². The normalized spacial score (nSPS) is 10.3. The van der Waals surface area contributed by atoms with Gasteiger partial charge in [0.25, 0.3) is 0 Å². The maximum Gasteiger partial charge on any atom is 0.490 e. The third kappa shape index (κ3) is 2.05. The molecule has 0 aliphatic heterocycles. The van der Waals surface area contributed by atoms with Gasteiger partial charge in [-0.2, -0.15) is 4.68 Å². The fourth-order valence-electron chi connectivity index (χ4n) is 1.41. The van der Waals surface area contributed by atoms with Crippen molar-refractivity contribution in [1.29, 1.82) is 0 Å². The first kappa shape index (κ1) is 10.3. The predicted molar refractivity (Wildman–Crippen MR) is 57.0 cm³/mol. The van der Waals surface area contributed by atoms with Crippen LogP contribution in [0.1, 0.15) is 11.1 Å². The topological polar surface area (TPSA) is 73.8 Å². The Hall–Kier alpha value is -2.24. The van der Waals surface area contributed by atoms with Gasteiger partial charge < -0.3 is 10.1 Å². The van der Waals surface area contributed by atoms with Crippen molar-refractivity contribution in [2.45, 2.75) is 13.5 Å². The van der Waals surface area contributed by atoms with Crippen molar-refractivity contribution in [2.24, 2.45) is 0 Å². The Morgan fingerprint density at radius 3 is 2.81 bits per heavy atom. The summed E-state index contributed by atoms with van der Waals surface area (Å²) in [7, 11) is 0. The van der Waals surface area contributed by atoms with Gasteiger partial charge in [0.1, 0.15) is 0 Å². The maximum atomic E-state index is 10.4. The number of aryl methyl sites for hydroxylation is 1. The minimum atomic E-state index is -0.603. The highest BCUT2D eigenvalue weighted by Gasteiger charge is 2.13. The molecule has 1 heterocycles. The summed E-state index contributed by atoms with van der Waals surface area (Å²) in [5, 5.41) is 14.2. The van der Waals surface area contributed by atoms with Gasteiger partial charge in [-0.1, -0.05) is 29.2 Å². The van der Waals surface area contributed by atoms with Gasteiger partial charge in [0.15, 0.2) is 0 Å². The van der Waals surface area contributed by atoms with Crippen molar-refractivity contribution in [3.8, 4) is 0 Å². The summed E-state index contributed by atoms with van der Waals surface area (Å²) in [5.41, 5.74) is 2.20. The molecule has 0 radical (unpaired) electrons. The zero-order valence-corrected chi connectivity index (χ0v) is 8.70. The molecule has 0 aliphatic rings. The van der Waals surface area contributed by atoms with Crippen molar-refractivity contribution >= 4 is 5.95 Å². The third-order valence-electron chi connectivity index (χ3n) is 2.28. The monoisotopic (exact) mass is 218 g/mol. The molecule has 0 aliphatic carbocycles. The van der Waals surface area contributed by atoms with Crippen LogP contribution in [0.5, 0.6) is 0 Å². The molecule has 0 unspecified atom stereocenters. The summed E-state index contributed by atoms with van der Waals surface area (Å²) >= 11 is 0. The van der Waals surface area contributed by atoms with E-state index in [-0.39, 0.29) is 5.95 Å². The van der Waals surface area contributed by atoms with Crippen molar-refractivity contribution < 1.29 is 4.92 Å². The van der Waals surface area contributed by atoms with Crippen LogP contribution >= 0.6 is 0 Å². The molecule has 0 amide bonds. The van der Waals surface area contributed by atoms with E-state index in [1.54, 1.807) is 0 Å². The molecule has 0 atom stereocenters. The number of hydrogen-bond donors (Lipinski definition) is 0. The zero-order chi connectivity index (χ0) is 11.5. The Morgan fingerprint density at radius 1 is 1.44 bits per heavy atom. The van der Waals surface area contributed by atoms with Crippen molar-refractivity contribution in [2.75, 3.05) is 0 Å². The number of nitrogens with zero attached hydrogens (tertiary/aromatic N) is 4. The fourth-order valence-corrected chi connectivity index (χ4v) is 1.41. The lowest BCUT2D eigenvalue weighted by Crippen LogP contribution is -2.02. The van der Waals surface area contributed by atoms with E-state index < -0.39 is 4.92 Å². The number of rotatable bonds is 3. The first-order valence-corrected chi connectivity index (χ1v) is 4.75. The number of aromatic nitrogens is 3. The number of hydrogen-bond acceptors (Lipinski definition) is 4. The Balaban J connectivity index is 2.21. The summed E-state index contributed by atoms with van der Waals surface area (Å²) in [6.07, 6.45) is 1.37. The molecule has 2 rings (SSSR count). The van der Waals surface area contributed by atoms with Crippen LogP contribution in [-0.2, 0) is 6.54 Å². The summed E-state index contributed by atoms with van der Waals surface area (Å²) < 4.78 is 1.46. The average Bonchev–Trinajstić information content (AvgIpc) is 2.70. The van der Waals surface area contributed by atoms with Crippen molar-refractivity contribution in [3.63, 3.8) is 0 Å². The van der Waals surface area contributed by atoms with Gasteiger partial charge in [-0.15, -0.1) is 0 Å². The van der Waals surface area contributed by atoms with E-state index in [1.807, 2.05) is 31.2 Å². The summed E-state index contributed by atoms with van der Waals surface area (Å²) in [6, 6.07) is 7.82. The number of benzene rings is 1. The van der Waals surface area contributed by atoms with Gasteiger partial charge in [0, 0.05) is 5.10 Å². The molecule has 16 heavy (non-hydrogen) atoms. The lowest BCUT2D eigenvalue weighted by atomic mass is 10.1. The van der Waals surface area contributed by atoms with Crippen LogP contribution in [0.2, 0.25) is 0 Å². The standard InChI is InChI=1S/C10H10N4O2/c1-8-4-2-3-5-9(8)6-13-7-11-10(12-13)14(15)16/h2-5,7H,6H2,1H3. The Bertz CT molecular complexity index is 521. The van der Waals surface area contributed by atoms with Crippen LogP contribution < -0.4 is 0 Å². The second-order valence-electron chi connectivity index (χ2n) is 3.43. The van der Waals surface area contributed by atoms with Crippen LogP contribution in [0.25, 0.3) is 0 Å². The lowest BCUT2D eigenvalue weighted by Gasteiger charge is -2.01. The van der Waals surface area contributed by atoms with E-state index >= 15 is 0 Å².